The summed E-state index contributed by atoms with van der Waals surface area (Å²) in [6, 6.07) is 5.04. The van der Waals surface area contributed by atoms with Crippen molar-refractivity contribution in [3.8, 4) is 0 Å². The quantitative estimate of drug-likeness (QED) is 0.630. The van der Waals surface area contributed by atoms with Gasteiger partial charge < -0.3 is 15.2 Å². The maximum absolute atomic E-state index is 11.6. The van der Waals surface area contributed by atoms with Crippen molar-refractivity contribution in [3.05, 3.63) is 29.3 Å². The van der Waals surface area contributed by atoms with Gasteiger partial charge in [-0.2, -0.15) is 0 Å². The van der Waals surface area contributed by atoms with Crippen LogP contribution in [0.5, 0.6) is 0 Å². The van der Waals surface area contributed by atoms with Crippen LogP contribution in [-0.4, -0.2) is 25.2 Å². The van der Waals surface area contributed by atoms with Gasteiger partial charge in [0.2, 0.25) is 0 Å². The molecule has 0 saturated heterocycles. The molecular weight excluding hydrogens is 222 g/mol. The third kappa shape index (κ3) is 3.48. The molecular formula is C12H15NO4. The van der Waals surface area contributed by atoms with E-state index in [0.717, 1.165) is 5.56 Å². The molecule has 92 valence electrons. The van der Waals surface area contributed by atoms with Gasteiger partial charge in [0.15, 0.2) is 6.61 Å². The first kappa shape index (κ1) is 13.0. The van der Waals surface area contributed by atoms with Crippen LogP contribution in [0.4, 0.5) is 5.69 Å². The molecule has 0 atom stereocenters. The Morgan fingerprint density at radius 1 is 1.29 bits per heavy atom. The molecule has 2 N–H and O–H groups in total. The standard InChI is InChI=1S/C12H15NO4/c1-3-16-10(14)7-17-12(15)9-6-4-5-8(2)11(9)13/h4-6H,3,7,13H2,1-2H3. The number of hydrogen-bond donors (Lipinski definition) is 1. The number of carbonyl (C=O) groups is 2. The lowest BCUT2D eigenvalue weighted by Gasteiger charge is -2.08. The first-order valence-corrected chi connectivity index (χ1v) is 5.24. The number of hydrogen-bond acceptors (Lipinski definition) is 5. The van der Waals surface area contributed by atoms with Crippen molar-refractivity contribution in [2.24, 2.45) is 0 Å². The van der Waals surface area contributed by atoms with E-state index in [1.54, 1.807) is 32.0 Å². The fourth-order valence-corrected chi connectivity index (χ4v) is 1.26. The number of nitrogen functional groups attached to an aromatic ring is 1. The van der Waals surface area contributed by atoms with Gasteiger partial charge in [0.05, 0.1) is 12.2 Å². The number of benzene rings is 1. The predicted octanol–water partition coefficient (Wildman–Crippen LogP) is 1.30. The smallest absolute Gasteiger partial charge is 0.344 e. The van der Waals surface area contributed by atoms with Gasteiger partial charge in [0, 0.05) is 5.69 Å². The molecule has 0 aliphatic heterocycles. The third-order valence-corrected chi connectivity index (χ3v) is 2.17. The number of carbonyl (C=O) groups excluding carboxylic acids is 2. The largest absolute Gasteiger partial charge is 0.463 e. The summed E-state index contributed by atoms with van der Waals surface area (Å²) in [5.41, 5.74) is 7.14. The van der Waals surface area contributed by atoms with Gasteiger partial charge in [-0.05, 0) is 25.5 Å². The zero-order valence-corrected chi connectivity index (χ0v) is 9.86. The van der Waals surface area contributed by atoms with Crippen molar-refractivity contribution in [2.45, 2.75) is 13.8 Å². The molecule has 0 unspecified atom stereocenters. The summed E-state index contributed by atoms with van der Waals surface area (Å²) in [6.45, 7) is 3.32. The van der Waals surface area contributed by atoms with Gasteiger partial charge in [-0.3, -0.25) is 0 Å². The molecule has 1 aromatic rings. The van der Waals surface area contributed by atoms with E-state index in [1.165, 1.54) is 0 Å². The highest BCUT2D eigenvalue weighted by atomic mass is 16.6. The lowest BCUT2D eigenvalue weighted by atomic mass is 10.1. The maximum atomic E-state index is 11.6. The monoisotopic (exact) mass is 237 g/mol. The first-order chi connectivity index (χ1) is 8.06. The minimum atomic E-state index is -0.626. The van der Waals surface area contributed by atoms with Crippen LogP contribution in [-0.2, 0) is 14.3 Å². The SMILES string of the molecule is CCOC(=O)COC(=O)c1cccc(C)c1N. The summed E-state index contributed by atoms with van der Waals surface area (Å²) in [5, 5.41) is 0. The fraction of sp³-hybridized carbons (Fsp3) is 0.333. The van der Waals surface area contributed by atoms with Crippen LogP contribution >= 0.6 is 0 Å². The summed E-state index contributed by atoms with van der Waals surface area (Å²) in [6.07, 6.45) is 0. The average molecular weight is 237 g/mol. The van der Waals surface area contributed by atoms with Gasteiger partial charge in [-0.1, -0.05) is 12.1 Å². The summed E-state index contributed by atoms with van der Waals surface area (Å²) >= 11 is 0. The molecule has 0 saturated carbocycles. The predicted molar refractivity (Wildman–Crippen MR) is 62.5 cm³/mol. The summed E-state index contributed by atoms with van der Waals surface area (Å²) in [4.78, 5) is 22.6. The van der Waals surface area contributed by atoms with Crippen LogP contribution < -0.4 is 5.73 Å². The summed E-state index contributed by atoms with van der Waals surface area (Å²) in [7, 11) is 0. The number of esters is 2. The molecule has 0 aliphatic rings. The summed E-state index contributed by atoms with van der Waals surface area (Å²) in [5.74, 6) is -1.20. The van der Waals surface area contributed by atoms with Gasteiger partial charge >= 0.3 is 11.9 Å². The van der Waals surface area contributed by atoms with E-state index < -0.39 is 18.5 Å². The Morgan fingerprint density at radius 2 is 2.00 bits per heavy atom. The molecule has 0 aliphatic carbocycles. The van der Waals surface area contributed by atoms with E-state index in [-0.39, 0.29) is 12.2 Å². The third-order valence-electron chi connectivity index (χ3n) is 2.17. The molecule has 0 bridgehead atoms. The Balaban J connectivity index is 2.64. The van der Waals surface area contributed by atoms with Crippen LogP contribution in [0.25, 0.3) is 0 Å². The van der Waals surface area contributed by atoms with Crippen molar-refractivity contribution in [2.75, 3.05) is 18.9 Å². The Bertz CT molecular complexity index is 429. The van der Waals surface area contributed by atoms with E-state index in [0.29, 0.717) is 5.69 Å². The Morgan fingerprint density at radius 3 is 2.65 bits per heavy atom. The highest BCUT2D eigenvalue weighted by Crippen LogP contribution is 2.17. The minimum Gasteiger partial charge on any atom is -0.463 e. The van der Waals surface area contributed by atoms with E-state index in [9.17, 15) is 9.59 Å². The Kier molecular flexibility index (Phi) is 4.51. The lowest BCUT2D eigenvalue weighted by molar-refractivity contribution is -0.146. The number of anilines is 1. The molecule has 0 spiro atoms. The molecule has 0 fully saturated rings. The van der Waals surface area contributed by atoms with Gasteiger partial charge in [0.1, 0.15) is 0 Å². The van der Waals surface area contributed by atoms with Crippen molar-refractivity contribution < 1.29 is 19.1 Å². The fourth-order valence-electron chi connectivity index (χ4n) is 1.26. The molecule has 0 radical (unpaired) electrons. The molecule has 0 aromatic heterocycles. The second-order valence-electron chi connectivity index (χ2n) is 3.42. The van der Waals surface area contributed by atoms with Crippen LogP contribution in [0.2, 0.25) is 0 Å². The highest BCUT2D eigenvalue weighted by Gasteiger charge is 2.14. The zero-order valence-electron chi connectivity index (χ0n) is 9.86. The highest BCUT2D eigenvalue weighted by molar-refractivity contribution is 5.96. The average Bonchev–Trinajstić information content (AvgIpc) is 2.30. The van der Waals surface area contributed by atoms with E-state index in [4.69, 9.17) is 10.5 Å². The van der Waals surface area contributed by atoms with Crippen LogP contribution in [0.3, 0.4) is 0 Å². The second-order valence-corrected chi connectivity index (χ2v) is 3.42. The summed E-state index contributed by atoms with van der Waals surface area (Å²) < 4.78 is 9.42. The van der Waals surface area contributed by atoms with Gasteiger partial charge in [0.25, 0.3) is 0 Å². The minimum absolute atomic E-state index is 0.253. The van der Waals surface area contributed by atoms with Crippen LogP contribution in [0, 0.1) is 6.92 Å². The molecule has 1 aromatic carbocycles. The molecule has 5 nitrogen and oxygen atoms in total. The molecule has 17 heavy (non-hydrogen) atoms. The molecule has 5 heteroatoms. The number of ether oxygens (including phenoxy) is 2. The molecule has 1 rings (SSSR count). The Labute approximate surface area is 99.5 Å². The van der Waals surface area contributed by atoms with Crippen molar-refractivity contribution in [1.82, 2.24) is 0 Å². The van der Waals surface area contributed by atoms with Gasteiger partial charge in [-0.25, -0.2) is 9.59 Å². The number of para-hydroxylation sites is 1. The normalized spacial score (nSPS) is 9.76. The van der Waals surface area contributed by atoms with E-state index in [2.05, 4.69) is 4.74 Å². The first-order valence-electron chi connectivity index (χ1n) is 5.24. The van der Waals surface area contributed by atoms with E-state index in [1.807, 2.05) is 0 Å². The van der Waals surface area contributed by atoms with Crippen LogP contribution in [0.1, 0.15) is 22.8 Å². The Hall–Kier alpha value is -2.04. The number of nitrogens with two attached hydrogens (primary N) is 1. The van der Waals surface area contributed by atoms with Crippen molar-refractivity contribution >= 4 is 17.6 Å². The van der Waals surface area contributed by atoms with Gasteiger partial charge in [-0.15, -0.1) is 0 Å². The van der Waals surface area contributed by atoms with E-state index >= 15 is 0 Å². The van der Waals surface area contributed by atoms with Crippen LogP contribution in [0.15, 0.2) is 18.2 Å². The van der Waals surface area contributed by atoms with Crippen molar-refractivity contribution in [3.63, 3.8) is 0 Å². The number of aryl methyl sites for hydroxylation is 1. The topological polar surface area (TPSA) is 78.6 Å². The number of rotatable bonds is 4. The zero-order chi connectivity index (χ0) is 12.8. The molecule has 0 heterocycles. The maximum Gasteiger partial charge on any atom is 0.344 e. The second kappa shape index (κ2) is 5.89. The lowest BCUT2D eigenvalue weighted by Crippen LogP contribution is -2.17. The molecule has 0 amide bonds. The van der Waals surface area contributed by atoms with Crippen molar-refractivity contribution in [1.29, 1.82) is 0 Å².